The highest BCUT2D eigenvalue weighted by molar-refractivity contribution is 7.14. The fraction of sp³-hybridized carbons (Fsp3) is 0.0625. The van der Waals surface area contributed by atoms with Crippen LogP contribution in [0.3, 0.4) is 0 Å². The number of hydrogen-bond acceptors (Lipinski definition) is 5. The van der Waals surface area contributed by atoms with Crippen LogP contribution < -0.4 is 5.43 Å². The van der Waals surface area contributed by atoms with Gasteiger partial charge in [-0.25, -0.2) is 4.98 Å². The molecule has 23 heavy (non-hydrogen) atoms. The Labute approximate surface area is 147 Å². The lowest BCUT2D eigenvalue weighted by Crippen LogP contribution is -1.99. The lowest BCUT2D eigenvalue weighted by molar-refractivity contribution is 1.26. The summed E-state index contributed by atoms with van der Waals surface area (Å²) in [5.41, 5.74) is 6.50. The van der Waals surface area contributed by atoms with Gasteiger partial charge in [0.05, 0.1) is 21.5 Å². The van der Waals surface area contributed by atoms with Gasteiger partial charge in [-0.15, -0.1) is 11.3 Å². The number of hydrogen-bond donors (Lipinski definition) is 1. The van der Waals surface area contributed by atoms with Crippen LogP contribution in [0.15, 0.2) is 53.2 Å². The molecule has 2 aromatic heterocycles. The van der Waals surface area contributed by atoms with Crippen molar-refractivity contribution in [1.29, 1.82) is 0 Å². The molecule has 0 radical (unpaired) electrons. The fourth-order valence-corrected chi connectivity index (χ4v) is 2.85. The number of nitrogens with one attached hydrogen (secondary N) is 1. The standard InChI is InChI=1S/C16H12Cl2N4S/c1-10(12-3-2-6-19-8-12)21-22-16-20-15(9-23-16)11-4-5-13(17)14(18)7-11/h2-9H,1H3,(H,20,22)/b21-10-. The molecule has 3 aromatic rings. The Bertz CT molecular complexity index is 846. The van der Waals surface area contributed by atoms with Crippen molar-refractivity contribution in [3.63, 3.8) is 0 Å². The van der Waals surface area contributed by atoms with Crippen molar-refractivity contribution < 1.29 is 0 Å². The average molecular weight is 363 g/mol. The van der Waals surface area contributed by atoms with E-state index in [9.17, 15) is 0 Å². The maximum Gasteiger partial charge on any atom is 0.203 e. The first-order valence-electron chi connectivity index (χ1n) is 6.75. The van der Waals surface area contributed by atoms with Crippen LogP contribution in [0.25, 0.3) is 11.3 Å². The lowest BCUT2D eigenvalue weighted by Gasteiger charge is -2.01. The topological polar surface area (TPSA) is 50.2 Å². The molecule has 4 nitrogen and oxygen atoms in total. The van der Waals surface area contributed by atoms with Crippen molar-refractivity contribution in [1.82, 2.24) is 9.97 Å². The molecule has 1 N–H and O–H groups in total. The highest BCUT2D eigenvalue weighted by atomic mass is 35.5. The zero-order valence-electron chi connectivity index (χ0n) is 12.1. The van der Waals surface area contributed by atoms with E-state index in [2.05, 4.69) is 20.5 Å². The summed E-state index contributed by atoms with van der Waals surface area (Å²) in [4.78, 5) is 8.57. The van der Waals surface area contributed by atoms with Crippen LogP contribution in [0.5, 0.6) is 0 Å². The minimum Gasteiger partial charge on any atom is -0.264 e. The zero-order chi connectivity index (χ0) is 16.2. The van der Waals surface area contributed by atoms with Crippen LogP contribution in [0.2, 0.25) is 10.0 Å². The van der Waals surface area contributed by atoms with Crippen molar-refractivity contribution in [2.24, 2.45) is 5.10 Å². The maximum atomic E-state index is 6.04. The summed E-state index contributed by atoms with van der Waals surface area (Å²) in [7, 11) is 0. The van der Waals surface area contributed by atoms with Crippen molar-refractivity contribution in [3.05, 3.63) is 63.7 Å². The van der Waals surface area contributed by atoms with Gasteiger partial charge in [0.15, 0.2) is 0 Å². The third-order valence-electron chi connectivity index (χ3n) is 3.12. The number of pyridine rings is 1. The highest BCUT2D eigenvalue weighted by Gasteiger charge is 2.07. The van der Waals surface area contributed by atoms with Crippen LogP contribution in [0.1, 0.15) is 12.5 Å². The zero-order valence-corrected chi connectivity index (χ0v) is 14.5. The lowest BCUT2D eigenvalue weighted by atomic mass is 10.2. The molecule has 7 heteroatoms. The number of rotatable bonds is 4. The molecular weight excluding hydrogens is 351 g/mol. The first kappa shape index (κ1) is 15.9. The Morgan fingerprint density at radius 2 is 2.09 bits per heavy atom. The molecule has 0 aliphatic heterocycles. The normalized spacial score (nSPS) is 11.5. The van der Waals surface area contributed by atoms with Crippen LogP contribution in [0, 0.1) is 0 Å². The van der Waals surface area contributed by atoms with Gasteiger partial charge in [0, 0.05) is 28.9 Å². The van der Waals surface area contributed by atoms with Crippen molar-refractivity contribution >= 4 is 45.4 Å². The smallest absolute Gasteiger partial charge is 0.203 e. The number of halogens is 2. The molecule has 0 spiro atoms. The Hall–Kier alpha value is -1.95. The first-order chi connectivity index (χ1) is 11.1. The second-order valence-electron chi connectivity index (χ2n) is 4.72. The van der Waals surface area contributed by atoms with E-state index in [-0.39, 0.29) is 0 Å². The van der Waals surface area contributed by atoms with Gasteiger partial charge in [-0.2, -0.15) is 5.10 Å². The molecule has 0 saturated heterocycles. The number of anilines is 1. The molecule has 2 heterocycles. The average Bonchev–Trinajstić information content (AvgIpc) is 3.05. The van der Waals surface area contributed by atoms with Gasteiger partial charge >= 0.3 is 0 Å². The molecule has 3 rings (SSSR count). The number of nitrogens with zero attached hydrogens (tertiary/aromatic N) is 3. The minimum atomic E-state index is 0.511. The van der Waals surface area contributed by atoms with Crippen molar-refractivity contribution in [3.8, 4) is 11.3 Å². The quantitative estimate of drug-likeness (QED) is 0.502. The second-order valence-corrected chi connectivity index (χ2v) is 6.39. The molecule has 116 valence electrons. The molecule has 0 atom stereocenters. The van der Waals surface area contributed by atoms with E-state index >= 15 is 0 Å². The monoisotopic (exact) mass is 362 g/mol. The summed E-state index contributed by atoms with van der Waals surface area (Å²) in [5, 5.41) is 8.01. The van der Waals surface area contributed by atoms with E-state index in [1.54, 1.807) is 24.5 Å². The van der Waals surface area contributed by atoms with E-state index in [0.29, 0.717) is 15.2 Å². The summed E-state index contributed by atoms with van der Waals surface area (Å²) in [6.07, 6.45) is 3.50. The predicted octanol–water partition coefficient (Wildman–Crippen LogP) is 5.35. The third-order valence-corrected chi connectivity index (χ3v) is 4.60. The Balaban J connectivity index is 1.76. The van der Waals surface area contributed by atoms with Gasteiger partial charge in [0.1, 0.15) is 0 Å². The van der Waals surface area contributed by atoms with Gasteiger partial charge in [0.25, 0.3) is 0 Å². The largest absolute Gasteiger partial charge is 0.264 e. The minimum absolute atomic E-state index is 0.511. The van der Waals surface area contributed by atoms with Gasteiger partial charge in [-0.05, 0) is 25.1 Å². The molecule has 0 fully saturated rings. The van der Waals surface area contributed by atoms with E-state index in [1.165, 1.54) is 11.3 Å². The van der Waals surface area contributed by atoms with Gasteiger partial charge < -0.3 is 0 Å². The van der Waals surface area contributed by atoms with Crippen LogP contribution in [-0.4, -0.2) is 15.7 Å². The number of hydrazone groups is 1. The number of thiazole rings is 1. The Kier molecular flexibility index (Phi) is 4.91. The molecule has 1 aromatic carbocycles. The Morgan fingerprint density at radius 1 is 1.22 bits per heavy atom. The SMILES string of the molecule is C/C(=N/Nc1nc(-c2ccc(Cl)c(Cl)c2)cs1)c1cccnc1. The van der Waals surface area contributed by atoms with Crippen molar-refractivity contribution in [2.45, 2.75) is 6.92 Å². The summed E-state index contributed by atoms with van der Waals surface area (Å²) >= 11 is 13.4. The fourth-order valence-electron chi connectivity index (χ4n) is 1.89. The molecule has 0 bridgehead atoms. The Morgan fingerprint density at radius 3 is 2.83 bits per heavy atom. The van der Waals surface area contributed by atoms with Gasteiger partial charge in [0.2, 0.25) is 5.13 Å². The molecule has 0 saturated carbocycles. The molecule has 0 amide bonds. The summed E-state index contributed by atoms with van der Waals surface area (Å²) < 4.78 is 0. The predicted molar refractivity (Wildman–Crippen MR) is 97.6 cm³/mol. The summed E-state index contributed by atoms with van der Waals surface area (Å²) in [5.74, 6) is 0. The first-order valence-corrected chi connectivity index (χ1v) is 8.38. The molecule has 0 aliphatic carbocycles. The number of benzene rings is 1. The molecular formula is C16H12Cl2N4S. The van der Waals surface area contributed by atoms with Crippen molar-refractivity contribution in [2.75, 3.05) is 5.43 Å². The van der Waals surface area contributed by atoms with Crippen LogP contribution in [0.4, 0.5) is 5.13 Å². The second kappa shape index (κ2) is 7.08. The van der Waals surface area contributed by atoms with Gasteiger partial charge in [-0.1, -0.05) is 35.3 Å². The van der Waals surface area contributed by atoms with E-state index in [4.69, 9.17) is 23.2 Å². The van der Waals surface area contributed by atoms with E-state index in [1.807, 2.05) is 30.5 Å². The van der Waals surface area contributed by atoms with E-state index < -0.39 is 0 Å². The highest BCUT2D eigenvalue weighted by Crippen LogP contribution is 2.30. The summed E-state index contributed by atoms with van der Waals surface area (Å²) in [6, 6.07) is 9.27. The maximum absolute atomic E-state index is 6.04. The molecule has 0 unspecified atom stereocenters. The molecule has 0 aliphatic rings. The van der Waals surface area contributed by atoms with Gasteiger partial charge in [-0.3, -0.25) is 10.4 Å². The van der Waals surface area contributed by atoms with E-state index in [0.717, 1.165) is 22.5 Å². The third kappa shape index (κ3) is 3.88. The van der Waals surface area contributed by atoms with Crippen LogP contribution in [-0.2, 0) is 0 Å². The number of aromatic nitrogens is 2. The van der Waals surface area contributed by atoms with Crippen LogP contribution >= 0.6 is 34.5 Å². The summed E-state index contributed by atoms with van der Waals surface area (Å²) in [6.45, 7) is 1.91.